The van der Waals surface area contributed by atoms with Gasteiger partial charge in [0, 0.05) is 4.88 Å². The van der Waals surface area contributed by atoms with Crippen molar-refractivity contribution < 1.29 is 0 Å². The van der Waals surface area contributed by atoms with E-state index < -0.39 is 0 Å². The van der Waals surface area contributed by atoms with Crippen LogP contribution < -0.4 is 0 Å². The van der Waals surface area contributed by atoms with Gasteiger partial charge in [0.25, 0.3) is 0 Å². The van der Waals surface area contributed by atoms with Crippen LogP contribution in [0.2, 0.25) is 0 Å². The number of hydrogen-bond acceptors (Lipinski definition) is 1. The van der Waals surface area contributed by atoms with Crippen molar-refractivity contribution in [3.8, 4) is 11.1 Å². The molecule has 49 valence electrons. The summed E-state index contributed by atoms with van der Waals surface area (Å²) < 4.78 is 0. The molecular formula is C9H7S. The Morgan fingerprint density at radius 2 is 2.40 bits per heavy atom. The third kappa shape index (κ3) is 0.830. The number of rotatable bonds is 0. The zero-order chi connectivity index (χ0) is 6.97. The van der Waals surface area contributed by atoms with E-state index in [1.54, 1.807) is 11.3 Å². The highest BCUT2D eigenvalue weighted by atomic mass is 32.1. The van der Waals surface area contributed by atoms with Crippen LogP contribution in [0, 0.1) is 13.0 Å². The first-order valence-corrected chi connectivity index (χ1v) is 4.10. The van der Waals surface area contributed by atoms with Gasteiger partial charge in [0.05, 0.1) is 0 Å². The Labute approximate surface area is 64.5 Å². The molecule has 1 aliphatic heterocycles. The Morgan fingerprint density at radius 3 is 3.30 bits per heavy atom. The first-order valence-electron chi connectivity index (χ1n) is 3.22. The van der Waals surface area contributed by atoms with Crippen molar-refractivity contribution in [2.75, 3.05) is 0 Å². The summed E-state index contributed by atoms with van der Waals surface area (Å²) in [4.78, 5) is 1.34. The van der Waals surface area contributed by atoms with Gasteiger partial charge in [0.2, 0.25) is 0 Å². The minimum absolute atomic E-state index is 1.23. The largest absolute Gasteiger partial charge is 0.149 e. The van der Waals surface area contributed by atoms with Crippen molar-refractivity contribution >= 4 is 11.3 Å². The Bertz CT molecular complexity index is 309. The molecule has 10 heavy (non-hydrogen) atoms. The summed E-state index contributed by atoms with van der Waals surface area (Å²) >= 11 is 1.78. The van der Waals surface area contributed by atoms with E-state index in [1.165, 1.54) is 16.0 Å². The van der Waals surface area contributed by atoms with Crippen molar-refractivity contribution in [3.63, 3.8) is 0 Å². The first kappa shape index (κ1) is 5.93. The van der Waals surface area contributed by atoms with Crippen molar-refractivity contribution in [3.05, 3.63) is 34.5 Å². The third-order valence-corrected chi connectivity index (χ3v) is 2.39. The molecule has 0 aromatic heterocycles. The lowest BCUT2D eigenvalue weighted by atomic mass is 10.2. The van der Waals surface area contributed by atoms with Gasteiger partial charge in [-0.3, -0.25) is 0 Å². The van der Waals surface area contributed by atoms with E-state index in [0.29, 0.717) is 0 Å². The summed E-state index contributed by atoms with van der Waals surface area (Å²) in [5.41, 5.74) is 2.53. The van der Waals surface area contributed by atoms with Crippen LogP contribution >= 0.6 is 11.3 Å². The molecule has 0 amide bonds. The predicted octanol–water partition coefficient (Wildman–Crippen LogP) is 2.96. The molecule has 0 N–H and O–H groups in total. The van der Waals surface area contributed by atoms with E-state index in [4.69, 9.17) is 0 Å². The Hall–Kier alpha value is -0.820. The summed E-state index contributed by atoms with van der Waals surface area (Å²) in [7, 11) is 0. The Balaban J connectivity index is 2.75. The highest BCUT2D eigenvalue weighted by molar-refractivity contribution is 7.09. The summed E-state index contributed by atoms with van der Waals surface area (Å²) in [6.07, 6.45) is 0. The van der Waals surface area contributed by atoms with Crippen molar-refractivity contribution in [2.45, 2.75) is 6.92 Å². The molecule has 0 spiro atoms. The van der Waals surface area contributed by atoms with Gasteiger partial charge in [-0.2, -0.15) is 0 Å². The quantitative estimate of drug-likeness (QED) is 0.537. The van der Waals surface area contributed by atoms with E-state index in [1.807, 2.05) is 6.07 Å². The standard InChI is InChI=1S/C9H7S/c1-7-5-8-3-2-4-9(8)6-10-7/h2,4-6H,1H3. The maximum Gasteiger partial charge on any atom is 0.00205 e. The molecule has 0 saturated carbocycles. The molecule has 1 heteroatoms. The lowest BCUT2D eigenvalue weighted by Gasteiger charge is -1.96. The van der Waals surface area contributed by atoms with Crippen LogP contribution in [-0.2, 0) is 0 Å². The second-order valence-electron chi connectivity index (χ2n) is 2.34. The van der Waals surface area contributed by atoms with Gasteiger partial charge < -0.3 is 0 Å². The molecule has 0 aromatic rings. The lowest BCUT2D eigenvalue weighted by molar-refractivity contribution is 1.60. The molecular weight excluding hydrogens is 140 g/mol. The summed E-state index contributed by atoms with van der Waals surface area (Å²) in [6, 6.07) is 9.39. The molecule has 1 aliphatic carbocycles. The number of aryl methyl sites for hydroxylation is 1. The maximum absolute atomic E-state index is 3.17. The number of fused-ring (bicyclic) bond motifs is 1. The minimum atomic E-state index is 1.23. The monoisotopic (exact) mass is 147 g/mol. The molecule has 1 radical (unpaired) electrons. The van der Waals surface area contributed by atoms with Crippen LogP contribution in [0.25, 0.3) is 11.1 Å². The van der Waals surface area contributed by atoms with Crippen LogP contribution in [0.4, 0.5) is 0 Å². The molecule has 0 fully saturated rings. The fourth-order valence-electron chi connectivity index (χ4n) is 1.02. The van der Waals surface area contributed by atoms with Gasteiger partial charge in [-0.05, 0) is 35.6 Å². The zero-order valence-electron chi connectivity index (χ0n) is 5.72. The summed E-state index contributed by atoms with van der Waals surface area (Å²) in [5, 5.41) is 2.17. The van der Waals surface area contributed by atoms with Gasteiger partial charge >= 0.3 is 0 Å². The topological polar surface area (TPSA) is 0 Å². The minimum Gasteiger partial charge on any atom is -0.149 e. The molecule has 0 atom stereocenters. The van der Waals surface area contributed by atoms with E-state index in [2.05, 4.69) is 30.5 Å². The molecule has 0 saturated heterocycles. The van der Waals surface area contributed by atoms with Crippen molar-refractivity contribution in [2.24, 2.45) is 0 Å². The second kappa shape index (κ2) is 2.10. The van der Waals surface area contributed by atoms with E-state index in [0.717, 1.165) is 0 Å². The highest BCUT2D eigenvalue weighted by Crippen LogP contribution is 2.25. The second-order valence-corrected chi connectivity index (χ2v) is 3.45. The molecule has 1 heterocycles. The van der Waals surface area contributed by atoms with Gasteiger partial charge in [-0.1, -0.05) is 12.1 Å². The lowest BCUT2D eigenvalue weighted by Crippen LogP contribution is -1.70. The molecule has 0 aromatic carbocycles. The Morgan fingerprint density at radius 1 is 1.50 bits per heavy atom. The first-order chi connectivity index (χ1) is 4.86. The predicted molar refractivity (Wildman–Crippen MR) is 44.5 cm³/mol. The van der Waals surface area contributed by atoms with Crippen LogP contribution in [0.3, 0.4) is 0 Å². The fourth-order valence-corrected chi connectivity index (χ4v) is 1.72. The SMILES string of the molecule is Cc1cc2[c]ccc-2cs1. The van der Waals surface area contributed by atoms with E-state index in [-0.39, 0.29) is 0 Å². The van der Waals surface area contributed by atoms with Gasteiger partial charge in [-0.25, -0.2) is 0 Å². The third-order valence-electron chi connectivity index (χ3n) is 1.53. The van der Waals surface area contributed by atoms with Crippen molar-refractivity contribution in [1.29, 1.82) is 0 Å². The average molecular weight is 147 g/mol. The van der Waals surface area contributed by atoms with E-state index >= 15 is 0 Å². The fraction of sp³-hybridized carbons (Fsp3) is 0.111. The van der Waals surface area contributed by atoms with Crippen molar-refractivity contribution in [1.82, 2.24) is 0 Å². The average Bonchev–Trinajstić information content (AvgIpc) is 2.33. The van der Waals surface area contributed by atoms with Gasteiger partial charge in [0.1, 0.15) is 0 Å². The van der Waals surface area contributed by atoms with Crippen LogP contribution in [0.15, 0.2) is 23.6 Å². The summed E-state index contributed by atoms with van der Waals surface area (Å²) in [5.74, 6) is 0. The van der Waals surface area contributed by atoms with Crippen LogP contribution in [-0.4, -0.2) is 0 Å². The molecule has 2 rings (SSSR count). The molecule has 2 aliphatic rings. The number of hydrogen-bond donors (Lipinski definition) is 0. The maximum atomic E-state index is 3.17. The normalized spacial score (nSPS) is 10.5. The highest BCUT2D eigenvalue weighted by Gasteiger charge is 1.99. The van der Waals surface area contributed by atoms with E-state index in [9.17, 15) is 0 Å². The van der Waals surface area contributed by atoms with Gasteiger partial charge in [-0.15, -0.1) is 11.3 Å². The van der Waals surface area contributed by atoms with Crippen LogP contribution in [0.1, 0.15) is 4.88 Å². The van der Waals surface area contributed by atoms with Crippen LogP contribution in [0.5, 0.6) is 0 Å². The summed E-state index contributed by atoms with van der Waals surface area (Å²) in [6.45, 7) is 2.12. The Kier molecular flexibility index (Phi) is 1.24. The smallest absolute Gasteiger partial charge is 0.00205 e. The molecule has 0 unspecified atom stereocenters. The zero-order valence-corrected chi connectivity index (χ0v) is 6.53. The molecule has 0 bridgehead atoms. The van der Waals surface area contributed by atoms with Gasteiger partial charge in [0.15, 0.2) is 0 Å². The molecule has 0 nitrogen and oxygen atoms in total.